The Morgan fingerprint density at radius 3 is 2.44 bits per heavy atom. The average molecular weight is 526 g/mol. The third-order valence-corrected chi connectivity index (χ3v) is 5.14. The van der Waals surface area contributed by atoms with Gasteiger partial charge >= 0.3 is 0 Å². The van der Waals surface area contributed by atoms with Crippen LogP contribution in [0.4, 0.5) is 5.82 Å². The molecule has 0 saturated heterocycles. The Labute approximate surface area is 217 Å². The number of hydrogen-bond donors (Lipinski definition) is 3. The van der Waals surface area contributed by atoms with Gasteiger partial charge in [0.2, 0.25) is 0 Å². The van der Waals surface area contributed by atoms with Gasteiger partial charge in [-0.1, -0.05) is 42.7 Å². The smallest absolute Gasteiger partial charge is 0.185 e. The van der Waals surface area contributed by atoms with Crippen LogP contribution < -0.4 is 21.5 Å². The van der Waals surface area contributed by atoms with E-state index < -0.39 is 0 Å². The number of nitrogens with one attached hydrogen (secondary N) is 1. The quantitative estimate of drug-likeness (QED) is 0.172. The number of aliphatic imine (C=N–C) groups is 1. The van der Waals surface area contributed by atoms with Crippen LogP contribution in [0.1, 0.15) is 37.1 Å². The Morgan fingerprint density at radius 2 is 1.74 bits per heavy atom. The van der Waals surface area contributed by atoms with Crippen molar-refractivity contribution in [1.29, 1.82) is 0 Å². The average Bonchev–Trinajstić information content (AvgIpc) is 2.79. The number of rotatable bonds is 11. The molecule has 0 atom stereocenters. The van der Waals surface area contributed by atoms with Gasteiger partial charge in [-0.05, 0) is 54.8 Å². The summed E-state index contributed by atoms with van der Waals surface area (Å²) < 4.78 is 5.38. The number of fused-ring (bicyclic) bond motifs is 1. The first-order valence-corrected chi connectivity index (χ1v) is 11.0. The summed E-state index contributed by atoms with van der Waals surface area (Å²) in [5.74, 6) is 2.36. The SMILES string of the molecule is COc1ccc2nc(C=Cc3ccc(Cl)cc3)nc(NCCCCCCN=C(N)N)c2c1.Cl.Cl. The highest BCUT2D eigenvalue weighted by atomic mass is 35.5. The number of guanidine groups is 1. The summed E-state index contributed by atoms with van der Waals surface area (Å²) >= 11 is 5.97. The van der Waals surface area contributed by atoms with Crippen molar-refractivity contribution in [2.24, 2.45) is 16.5 Å². The zero-order chi connectivity index (χ0) is 22.8. The highest BCUT2D eigenvalue weighted by Crippen LogP contribution is 2.26. The van der Waals surface area contributed by atoms with E-state index in [1.165, 1.54) is 0 Å². The van der Waals surface area contributed by atoms with Gasteiger partial charge in [0.15, 0.2) is 11.8 Å². The van der Waals surface area contributed by atoms with Crippen LogP contribution >= 0.6 is 36.4 Å². The molecule has 34 heavy (non-hydrogen) atoms. The number of nitrogens with zero attached hydrogens (tertiary/aromatic N) is 3. The fourth-order valence-corrected chi connectivity index (χ4v) is 3.34. The first-order chi connectivity index (χ1) is 15.5. The number of unbranched alkanes of at least 4 members (excludes halogenated alkanes) is 3. The maximum absolute atomic E-state index is 5.97. The second kappa shape index (κ2) is 15.2. The summed E-state index contributed by atoms with van der Waals surface area (Å²) in [6.07, 6.45) is 8.04. The molecule has 0 spiro atoms. The van der Waals surface area contributed by atoms with Crippen LogP contribution in [-0.4, -0.2) is 36.1 Å². The van der Waals surface area contributed by atoms with E-state index in [0.29, 0.717) is 17.4 Å². The van der Waals surface area contributed by atoms with Crippen LogP contribution in [-0.2, 0) is 0 Å². The first-order valence-electron chi connectivity index (χ1n) is 10.6. The molecular weight excluding hydrogens is 495 g/mol. The van der Waals surface area contributed by atoms with Crippen LogP contribution in [0.15, 0.2) is 47.5 Å². The van der Waals surface area contributed by atoms with E-state index >= 15 is 0 Å². The number of ether oxygens (including phenoxy) is 1. The van der Waals surface area contributed by atoms with Gasteiger partial charge in [0, 0.05) is 23.5 Å². The number of anilines is 1. The van der Waals surface area contributed by atoms with E-state index in [9.17, 15) is 0 Å². The molecule has 0 fully saturated rings. The summed E-state index contributed by atoms with van der Waals surface area (Å²) in [5.41, 5.74) is 12.6. The second-order valence-electron chi connectivity index (χ2n) is 7.35. The molecule has 3 aromatic rings. The third kappa shape index (κ3) is 9.25. The fraction of sp³-hybridized carbons (Fsp3) is 0.292. The molecule has 1 aromatic heterocycles. The number of hydrogen-bond acceptors (Lipinski definition) is 5. The molecule has 0 radical (unpaired) electrons. The van der Waals surface area contributed by atoms with Gasteiger partial charge in [0.25, 0.3) is 0 Å². The molecule has 3 rings (SSSR count). The van der Waals surface area contributed by atoms with Crippen molar-refractivity contribution in [2.75, 3.05) is 25.5 Å². The summed E-state index contributed by atoms with van der Waals surface area (Å²) in [5, 5.41) is 5.11. The molecule has 0 aliphatic rings. The first kappa shape index (κ1) is 29.3. The van der Waals surface area contributed by atoms with Crippen LogP contribution in [0.25, 0.3) is 23.1 Å². The lowest BCUT2D eigenvalue weighted by Gasteiger charge is -2.11. The molecule has 1 heterocycles. The lowest BCUT2D eigenvalue weighted by molar-refractivity contribution is 0.415. The van der Waals surface area contributed by atoms with Crippen molar-refractivity contribution in [3.63, 3.8) is 0 Å². The van der Waals surface area contributed by atoms with Crippen molar-refractivity contribution in [3.8, 4) is 5.75 Å². The van der Waals surface area contributed by atoms with Crippen LogP contribution in [0, 0.1) is 0 Å². The van der Waals surface area contributed by atoms with Crippen molar-refractivity contribution in [2.45, 2.75) is 25.7 Å². The molecule has 0 bridgehead atoms. The zero-order valence-corrected chi connectivity index (χ0v) is 21.4. The minimum atomic E-state index is 0. The predicted octanol–water partition coefficient (Wildman–Crippen LogP) is 5.55. The van der Waals surface area contributed by atoms with E-state index in [-0.39, 0.29) is 30.8 Å². The van der Waals surface area contributed by atoms with E-state index in [1.807, 2.05) is 54.6 Å². The Balaban J connectivity index is 0.00000289. The maximum atomic E-state index is 5.97. The van der Waals surface area contributed by atoms with E-state index in [1.54, 1.807) is 7.11 Å². The van der Waals surface area contributed by atoms with Gasteiger partial charge < -0.3 is 21.5 Å². The van der Waals surface area contributed by atoms with Crippen molar-refractivity contribution in [1.82, 2.24) is 9.97 Å². The molecule has 0 unspecified atom stereocenters. The summed E-state index contributed by atoms with van der Waals surface area (Å²) in [6.45, 7) is 1.49. The Hall–Kier alpha value is -2.74. The molecule has 2 aromatic carbocycles. The molecular formula is C24H31Cl3N6O. The topological polar surface area (TPSA) is 111 Å². The highest BCUT2D eigenvalue weighted by Gasteiger charge is 2.08. The Morgan fingerprint density at radius 1 is 1.00 bits per heavy atom. The fourth-order valence-electron chi connectivity index (χ4n) is 3.21. The molecule has 7 nitrogen and oxygen atoms in total. The van der Waals surface area contributed by atoms with Crippen molar-refractivity contribution >= 4 is 71.2 Å². The van der Waals surface area contributed by atoms with Crippen molar-refractivity contribution < 1.29 is 4.74 Å². The largest absolute Gasteiger partial charge is 0.497 e. The number of aromatic nitrogens is 2. The van der Waals surface area contributed by atoms with E-state index in [2.05, 4.69) is 15.3 Å². The summed E-state index contributed by atoms with van der Waals surface area (Å²) in [7, 11) is 1.65. The number of nitrogens with two attached hydrogens (primary N) is 2. The lowest BCUT2D eigenvalue weighted by Crippen LogP contribution is -2.22. The molecule has 10 heteroatoms. The predicted molar refractivity (Wildman–Crippen MR) is 149 cm³/mol. The minimum Gasteiger partial charge on any atom is -0.497 e. The molecule has 0 amide bonds. The number of methoxy groups -OCH3 is 1. The van der Waals surface area contributed by atoms with Crippen molar-refractivity contribution in [3.05, 3.63) is 58.9 Å². The highest BCUT2D eigenvalue weighted by molar-refractivity contribution is 6.30. The number of benzene rings is 2. The molecule has 0 aliphatic carbocycles. The maximum Gasteiger partial charge on any atom is 0.185 e. The van der Waals surface area contributed by atoms with E-state index in [0.717, 1.165) is 60.3 Å². The van der Waals surface area contributed by atoms with Crippen LogP contribution in [0.2, 0.25) is 5.02 Å². The minimum absolute atomic E-state index is 0. The normalized spacial score (nSPS) is 10.4. The zero-order valence-electron chi connectivity index (χ0n) is 19.0. The lowest BCUT2D eigenvalue weighted by atomic mass is 10.2. The molecule has 5 N–H and O–H groups in total. The standard InChI is InChI=1S/C24H29ClN6O.2ClH/c1-32-19-11-12-21-20(16-19)23(28-14-4-2-3-5-15-29-24(26)27)31-22(30-21)13-8-17-6-9-18(25)10-7-17;;/h6-13,16H,2-5,14-15H2,1H3,(H4,26,27,29)(H,28,30,31);2*1H. The van der Waals surface area contributed by atoms with Gasteiger partial charge in [0.05, 0.1) is 12.6 Å². The second-order valence-corrected chi connectivity index (χ2v) is 7.78. The van der Waals surface area contributed by atoms with Gasteiger partial charge in [0.1, 0.15) is 11.6 Å². The molecule has 0 saturated carbocycles. The van der Waals surface area contributed by atoms with E-state index in [4.69, 9.17) is 32.8 Å². The third-order valence-electron chi connectivity index (χ3n) is 4.89. The molecule has 184 valence electrons. The van der Waals surface area contributed by atoms with Gasteiger partial charge in [-0.15, -0.1) is 24.8 Å². The van der Waals surface area contributed by atoms with Gasteiger partial charge in [-0.25, -0.2) is 9.97 Å². The van der Waals surface area contributed by atoms with Gasteiger partial charge in [-0.3, -0.25) is 4.99 Å². The van der Waals surface area contributed by atoms with Gasteiger partial charge in [-0.2, -0.15) is 0 Å². The molecule has 0 aliphatic heterocycles. The monoisotopic (exact) mass is 524 g/mol. The van der Waals surface area contributed by atoms with Crippen LogP contribution in [0.5, 0.6) is 5.75 Å². The number of halogens is 3. The summed E-state index contributed by atoms with van der Waals surface area (Å²) in [6, 6.07) is 13.4. The van der Waals surface area contributed by atoms with Crippen LogP contribution in [0.3, 0.4) is 0 Å². The Kier molecular flexibility index (Phi) is 13.1. The summed E-state index contributed by atoms with van der Waals surface area (Å²) in [4.78, 5) is 13.4. The Bertz CT molecular complexity index is 1090.